The number of nitrogens with one attached hydrogen (secondary N) is 1. The molecule has 1 atom stereocenters. The molecule has 2 aromatic carbocycles. The van der Waals surface area contributed by atoms with E-state index in [4.69, 9.17) is 9.84 Å². The largest absolute Gasteiger partial charge is 0.489 e. The van der Waals surface area contributed by atoms with Crippen molar-refractivity contribution in [2.75, 3.05) is 5.32 Å². The van der Waals surface area contributed by atoms with Crippen LogP contribution in [0.2, 0.25) is 0 Å². The number of amides is 1. The maximum Gasteiger partial charge on any atom is 0.226 e. The van der Waals surface area contributed by atoms with E-state index < -0.39 is 0 Å². The molecule has 1 aliphatic heterocycles. The lowest BCUT2D eigenvalue weighted by molar-refractivity contribution is -0.116. The van der Waals surface area contributed by atoms with Crippen LogP contribution >= 0.6 is 0 Å². The zero-order chi connectivity index (χ0) is 23.9. The van der Waals surface area contributed by atoms with Gasteiger partial charge in [-0.2, -0.15) is 14.3 Å². The van der Waals surface area contributed by atoms with Gasteiger partial charge in [0.15, 0.2) is 17.3 Å². The summed E-state index contributed by atoms with van der Waals surface area (Å²) in [4.78, 5) is 12.9. The molecule has 9 nitrogen and oxygen atoms in total. The van der Waals surface area contributed by atoms with Crippen LogP contribution in [-0.2, 0) is 11.4 Å². The van der Waals surface area contributed by atoms with Crippen molar-refractivity contribution in [3.05, 3.63) is 94.9 Å². The molecule has 1 amide bonds. The predicted molar refractivity (Wildman–Crippen MR) is 130 cm³/mol. The summed E-state index contributed by atoms with van der Waals surface area (Å²) in [6.45, 7) is 4.24. The second-order valence-corrected chi connectivity index (χ2v) is 8.59. The van der Waals surface area contributed by atoms with E-state index in [0.29, 0.717) is 36.1 Å². The monoisotopic (exact) mass is 465 g/mol. The molecule has 3 aromatic heterocycles. The Kier molecular flexibility index (Phi) is 5.02. The number of para-hydroxylation sites is 1. The van der Waals surface area contributed by atoms with Gasteiger partial charge in [-0.1, -0.05) is 48.5 Å². The van der Waals surface area contributed by atoms with Crippen LogP contribution in [0.3, 0.4) is 0 Å². The summed E-state index contributed by atoms with van der Waals surface area (Å²) in [6.07, 6.45) is 0.308. The molecule has 4 heterocycles. The maximum atomic E-state index is 12.9. The van der Waals surface area contributed by atoms with Gasteiger partial charge < -0.3 is 10.1 Å². The topological polar surface area (TPSA) is 99.2 Å². The molecule has 0 radical (unpaired) electrons. The highest BCUT2D eigenvalue weighted by atomic mass is 16.5. The highest BCUT2D eigenvalue weighted by Gasteiger charge is 2.34. The van der Waals surface area contributed by atoms with E-state index >= 15 is 0 Å². The number of hydrogen-bond donors (Lipinski definition) is 1. The molecule has 0 saturated heterocycles. The Morgan fingerprint density at radius 1 is 0.971 bits per heavy atom. The predicted octanol–water partition coefficient (Wildman–Crippen LogP) is 3.98. The number of nitrogens with zero attached hydrogens (tertiary/aromatic N) is 6. The molecular weight excluding hydrogens is 442 g/mol. The SMILES string of the molecule is Cc1nn(-c2ccc3nnc(C)n3n2)c2c1C(c1ccccc1OCc1ccccc1)CC(=O)N2. The average Bonchev–Trinajstić information content (AvgIpc) is 3.42. The third-order valence-corrected chi connectivity index (χ3v) is 6.26. The molecule has 5 aromatic rings. The van der Waals surface area contributed by atoms with Gasteiger partial charge in [0.05, 0.1) is 5.69 Å². The van der Waals surface area contributed by atoms with Gasteiger partial charge >= 0.3 is 0 Å². The Morgan fingerprint density at radius 2 is 1.77 bits per heavy atom. The van der Waals surface area contributed by atoms with Gasteiger partial charge in [0.2, 0.25) is 5.91 Å². The van der Waals surface area contributed by atoms with Crippen LogP contribution in [0, 0.1) is 13.8 Å². The first kappa shape index (κ1) is 21.0. The molecule has 0 saturated carbocycles. The van der Waals surface area contributed by atoms with Crippen LogP contribution < -0.4 is 10.1 Å². The molecule has 1 aliphatic rings. The van der Waals surface area contributed by atoms with Crippen molar-refractivity contribution >= 4 is 17.4 Å². The normalized spacial score (nSPS) is 15.1. The second-order valence-electron chi connectivity index (χ2n) is 8.59. The highest BCUT2D eigenvalue weighted by Crippen LogP contribution is 2.43. The molecule has 0 spiro atoms. The van der Waals surface area contributed by atoms with Crippen molar-refractivity contribution in [1.82, 2.24) is 29.6 Å². The fourth-order valence-corrected chi connectivity index (χ4v) is 4.61. The van der Waals surface area contributed by atoms with E-state index in [1.807, 2.05) is 80.6 Å². The van der Waals surface area contributed by atoms with E-state index in [1.165, 1.54) is 0 Å². The summed E-state index contributed by atoms with van der Waals surface area (Å²) in [5.74, 6) is 2.35. The third kappa shape index (κ3) is 3.71. The quantitative estimate of drug-likeness (QED) is 0.422. The molecule has 6 rings (SSSR count). The molecule has 174 valence electrons. The Bertz CT molecular complexity index is 1560. The minimum atomic E-state index is -0.195. The first-order valence-electron chi connectivity index (χ1n) is 11.4. The van der Waals surface area contributed by atoms with E-state index in [1.54, 1.807) is 9.20 Å². The van der Waals surface area contributed by atoms with Gasteiger partial charge in [-0.15, -0.1) is 15.3 Å². The number of ether oxygens (including phenoxy) is 1. The highest BCUT2D eigenvalue weighted by molar-refractivity contribution is 5.95. The van der Waals surface area contributed by atoms with Crippen LogP contribution in [0.4, 0.5) is 5.82 Å². The molecule has 0 aliphatic carbocycles. The van der Waals surface area contributed by atoms with Crippen molar-refractivity contribution in [1.29, 1.82) is 0 Å². The number of anilines is 1. The number of aryl methyl sites for hydroxylation is 2. The Balaban J connectivity index is 1.41. The number of aromatic nitrogens is 6. The fourth-order valence-electron chi connectivity index (χ4n) is 4.61. The number of hydrogen-bond acceptors (Lipinski definition) is 6. The molecule has 0 fully saturated rings. The van der Waals surface area contributed by atoms with E-state index in [-0.39, 0.29) is 11.8 Å². The number of fused-ring (bicyclic) bond motifs is 2. The van der Waals surface area contributed by atoms with E-state index in [9.17, 15) is 4.79 Å². The molecular formula is C26H23N7O2. The minimum absolute atomic E-state index is 0.0805. The third-order valence-electron chi connectivity index (χ3n) is 6.26. The maximum absolute atomic E-state index is 12.9. The lowest BCUT2D eigenvalue weighted by Gasteiger charge is -2.26. The number of rotatable bonds is 5. The van der Waals surface area contributed by atoms with Crippen molar-refractivity contribution in [3.63, 3.8) is 0 Å². The fraction of sp³-hybridized carbons (Fsp3) is 0.192. The van der Waals surface area contributed by atoms with Crippen LogP contribution in [0.1, 0.15) is 40.5 Å². The van der Waals surface area contributed by atoms with Crippen LogP contribution in [-0.4, -0.2) is 35.5 Å². The van der Waals surface area contributed by atoms with Crippen molar-refractivity contribution in [2.24, 2.45) is 0 Å². The second kappa shape index (κ2) is 8.35. The molecule has 9 heteroatoms. The summed E-state index contributed by atoms with van der Waals surface area (Å²) >= 11 is 0. The van der Waals surface area contributed by atoms with Crippen LogP contribution in [0.15, 0.2) is 66.7 Å². The summed E-state index contributed by atoms with van der Waals surface area (Å²) < 4.78 is 9.56. The lowest BCUT2D eigenvalue weighted by Crippen LogP contribution is -2.25. The zero-order valence-corrected chi connectivity index (χ0v) is 19.3. The Hall–Kier alpha value is -4.53. The standard InChI is InChI=1S/C26H23N7O2/c1-16-25-20(19-10-6-7-11-21(19)35-15-18-8-4-3-5-9-18)14-24(34)27-26(25)33(30-16)23-13-12-22-29-28-17(2)32(22)31-23/h3-13,20H,14-15H2,1-2H3,(H,27,34). The van der Waals surface area contributed by atoms with Crippen molar-refractivity contribution in [2.45, 2.75) is 32.8 Å². The summed E-state index contributed by atoms with van der Waals surface area (Å²) in [7, 11) is 0. The van der Waals surface area contributed by atoms with Crippen LogP contribution in [0.5, 0.6) is 5.75 Å². The number of carbonyl (C=O) groups is 1. The first-order chi connectivity index (χ1) is 17.1. The Morgan fingerprint density at radius 3 is 2.63 bits per heavy atom. The van der Waals surface area contributed by atoms with Crippen molar-refractivity contribution < 1.29 is 9.53 Å². The summed E-state index contributed by atoms with van der Waals surface area (Å²) in [6, 6.07) is 21.6. The first-order valence-corrected chi connectivity index (χ1v) is 11.4. The van der Waals surface area contributed by atoms with Gasteiger partial charge in [0.1, 0.15) is 18.2 Å². The van der Waals surface area contributed by atoms with E-state index in [2.05, 4.69) is 20.6 Å². The molecule has 1 unspecified atom stereocenters. The summed E-state index contributed by atoms with van der Waals surface area (Å²) in [5.41, 5.74) is 4.47. The van der Waals surface area contributed by atoms with Gasteiger partial charge in [-0.3, -0.25) is 4.79 Å². The zero-order valence-electron chi connectivity index (χ0n) is 19.3. The van der Waals surface area contributed by atoms with Gasteiger partial charge in [-0.05, 0) is 37.6 Å². The van der Waals surface area contributed by atoms with Gasteiger partial charge in [-0.25, -0.2) is 0 Å². The molecule has 0 bridgehead atoms. The number of benzene rings is 2. The Labute approximate surface area is 201 Å². The number of carbonyl (C=O) groups excluding carboxylic acids is 1. The van der Waals surface area contributed by atoms with Crippen molar-refractivity contribution in [3.8, 4) is 11.6 Å². The van der Waals surface area contributed by atoms with Crippen LogP contribution in [0.25, 0.3) is 11.5 Å². The lowest BCUT2D eigenvalue weighted by atomic mass is 9.85. The van der Waals surface area contributed by atoms with E-state index in [0.717, 1.165) is 28.1 Å². The van der Waals surface area contributed by atoms with Gasteiger partial charge in [0.25, 0.3) is 0 Å². The molecule has 35 heavy (non-hydrogen) atoms. The molecule has 1 N–H and O–H groups in total. The average molecular weight is 466 g/mol. The van der Waals surface area contributed by atoms with Gasteiger partial charge in [0, 0.05) is 23.5 Å². The minimum Gasteiger partial charge on any atom is -0.489 e. The summed E-state index contributed by atoms with van der Waals surface area (Å²) in [5, 5.41) is 20.6. The smallest absolute Gasteiger partial charge is 0.226 e.